The number of hydrogen-bond acceptors (Lipinski definition) is 6. The fourth-order valence-electron chi connectivity index (χ4n) is 3.23. The number of sulfonamides is 1. The average Bonchev–Trinajstić information content (AvgIpc) is 2.73. The molecule has 9 nitrogen and oxygen atoms in total. The first kappa shape index (κ1) is 22.7. The van der Waals surface area contributed by atoms with E-state index in [0.29, 0.717) is 17.1 Å². The number of nitrogens with zero attached hydrogens (tertiary/aromatic N) is 1. The highest BCUT2D eigenvalue weighted by atomic mass is 32.2. The fraction of sp³-hybridized carbons (Fsp3) is 0.333. The molecule has 2 aromatic rings. The monoisotopic (exact) mass is 447 g/mol. The molecule has 0 aliphatic carbocycles. The highest BCUT2D eigenvalue weighted by molar-refractivity contribution is 7.89. The molecule has 0 radical (unpaired) electrons. The van der Waals surface area contributed by atoms with E-state index in [9.17, 15) is 18.0 Å². The van der Waals surface area contributed by atoms with Crippen LogP contribution in [0.3, 0.4) is 0 Å². The number of anilines is 2. The smallest absolute Gasteiger partial charge is 0.267 e. The van der Waals surface area contributed by atoms with E-state index < -0.39 is 22.0 Å². The molecule has 2 amide bonds. The van der Waals surface area contributed by atoms with Crippen LogP contribution < -0.4 is 19.7 Å². The number of fused-ring (bicyclic) bond motifs is 1. The molecule has 1 heterocycles. The molecule has 166 valence electrons. The van der Waals surface area contributed by atoms with Gasteiger partial charge in [-0.3, -0.25) is 9.59 Å². The molecule has 0 bridgehead atoms. The number of methoxy groups -OCH3 is 1. The summed E-state index contributed by atoms with van der Waals surface area (Å²) in [5, 5.41) is 2.70. The Hall–Kier alpha value is -2.95. The number of benzene rings is 2. The van der Waals surface area contributed by atoms with Crippen LogP contribution in [-0.2, 0) is 24.3 Å². The number of hydrogen-bond donors (Lipinski definition) is 2. The van der Waals surface area contributed by atoms with Crippen molar-refractivity contribution in [2.75, 3.05) is 30.5 Å². The van der Waals surface area contributed by atoms with Crippen LogP contribution in [0.2, 0.25) is 0 Å². The maximum Gasteiger partial charge on any atom is 0.267 e. The summed E-state index contributed by atoms with van der Waals surface area (Å²) >= 11 is 0. The maximum atomic E-state index is 12.7. The van der Waals surface area contributed by atoms with Crippen LogP contribution in [0, 0.1) is 0 Å². The SMILES string of the molecule is COC[C@H](C)NS(=O)(=O)c1ccc(NC(=O)[C@H]2CN(C(C)=O)c3ccccc3O2)cc1. The van der Waals surface area contributed by atoms with E-state index in [1.165, 1.54) is 43.2 Å². The van der Waals surface area contributed by atoms with Crippen molar-refractivity contribution < 1.29 is 27.5 Å². The first-order valence-electron chi connectivity index (χ1n) is 9.67. The third kappa shape index (κ3) is 5.40. The number of nitrogens with one attached hydrogen (secondary N) is 2. The first-order valence-corrected chi connectivity index (χ1v) is 11.2. The largest absolute Gasteiger partial charge is 0.476 e. The molecular weight excluding hydrogens is 422 g/mol. The van der Waals surface area contributed by atoms with Crippen LogP contribution >= 0.6 is 0 Å². The van der Waals surface area contributed by atoms with E-state index >= 15 is 0 Å². The van der Waals surface area contributed by atoms with Gasteiger partial charge in [-0.15, -0.1) is 0 Å². The normalized spacial score (nSPS) is 16.7. The van der Waals surface area contributed by atoms with Crippen molar-refractivity contribution in [1.29, 1.82) is 0 Å². The molecule has 0 spiro atoms. The Morgan fingerprint density at radius 1 is 1.19 bits per heavy atom. The summed E-state index contributed by atoms with van der Waals surface area (Å²) in [6, 6.07) is 12.4. The van der Waals surface area contributed by atoms with Crippen molar-refractivity contribution >= 4 is 33.2 Å². The maximum absolute atomic E-state index is 12.7. The molecular formula is C21H25N3O6S. The molecule has 10 heteroatoms. The minimum atomic E-state index is -3.71. The number of amides is 2. The Morgan fingerprint density at radius 3 is 2.52 bits per heavy atom. The summed E-state index contributed by atoms with van der Waals surface area (Å²) in [5.41, 5.74) is 1.02. The predicted molar refractivity (Wildman–Crippen MR) is 116 cm³/mol. The van der Waals surface area contributed by atoms with Gasteiger partial charge in [-0.25, -0.2) is 13.1 Å². The van der Waals surface area contributed by atoms with Gasteiger partial charge in [0.25, 0.3) is 5.91 Å². The van der Waals surface area contributed by atoms with Gasteiger partial charge >= 0.3 is 0 Å². The molecule has 0 saturated heterocycles. The lowest BCUT2D eigenvalue weighted by atomic mass is 10.1. The van der Waals surface area contributed by atoms with Crippen molar-refractivity contribution in [2.24, 2.45) is 0 Å². The second-order valence-corrected chi connectivity index (χ2v) is 8.91. The lowest BCUT2D eigenvalue weighted by Gasteiger charge is -2.33. The fourth-order valence-corrected chi connectivity index (χ4v) is 4.45. The van der Waals surface area contributed by atoms with Crippen LogP contribution in [0.25, 0.3) is 0 Å². The standard InChI is InChI=1S/C21H25N3O6S/c1-14(13-29-3)23-31(27,28)17-10-8-16(9-11-17)22-21(26)20-12-24(15(2)25)18-6-4-5-7-19(18)30-20/h4-11,14,20,23H,12-13H2,1-3H3,(H,22,26)/t14-,20+/m0/s1. The van der Waals surface area contributed by atoms with Crippen molar-refractivity contribution in [1.82, 2.24) is 4.72 Å². The third-order valence-electron chi connectivity index (χ3n) is 4.65. The summed E-state index contributed by atoms with van der Waals surface area (Å²) in [6.07, 6.45) is -0.904. The van der Waals surface area contributed by atoms with Gasteiger partial charge in [-0.05, 0) is 43.3 Å². The van der Waals surface area contributed by atoms with Crippen molar-refractivity contribution in [2.45, 2.75) is 30.9 Å². The molecule has 1 aliphatic rings. The van der Waals surface area contributed by atoms with Gasteiger partial charge in [-0.2, -0.15) is 0 Å². The van der Waals surface area contributed by atoms with E-state index in [-0.39, 0.29) is 30.0 Å². The van der Waals surface area contributed by atoms with Crippen molar-refractivity contribution in [3.8, 4) is 5.75 Å². The molecule has 31 heavy (non-hydrogen) atoms. The highest BCUT2D eigenvalue weighted by Crippen LogP contribution is 2.33. The lowest BCUT2D eigenvalue weighted by molar-refractivity contribution is -0.123. The minimum Gasteiger partial charge on any atom is -0.476 e. The van der Waals surface area contributed by atoms with Crippen LogP contribution in [0.15, 0.2) is 53.4 Å². The molecule has 0 saturated carbocycles. The average molecular weight is 448 g/mol. The second kappa shape index (κ2) is 9.46. The summed E-state index contributed by atoms with van der Waals surface area (Å²) in [5.74, 6) is -0.191. The van der Waals surface area contributed by atoms with Gasteiger partial charge in [0.1, 0.15) is 5.75 Å². The van der Waals surface area contributed by atoms with Crippen molar-refractivity contribution in [3.05, 3.63) is 48.5 Å². The van der Waals surface area contributed by atoms with Crippen LogP contribution in [-0.4, -0.2) is 52.6 Å². The van der Waals surface area contributed by atoms with E-state index in [0.717, 1.165) is 0 Å². The topological polar surface area (TPSA) is 114 Å². The highest BCUT2D eigenvalue weighted by Gasteiger charge is 2.32. The quantitative estimate of drug-likeness (QED) is 0.669. The summed E-state index contributed by atoms with van der Waals surface area (Å²) < 4.78 is 38.0. The molecule has 0 fully saturated rings. The molecule has 1 aliphatic heterocycles. The number of para-hydroxylation sites is 2. The molecule has 2 N–H and O–H groups in total. The second-order valence-electron chi connectivity index (χ2n) is 7.20. The molecule has 0 aromatic heterocycles. The van der Waals surface area contributed by atoms with Gasteiger partial charge in [0, 0.05) is 25.8 Å². The first-order chi connectivity index (χ1) is 14.7. The zero-order chi connectivity index (χ0) is 22.6. The van der Waals surface area contributed by atoms with Crippen LogP contribution in [0.5, 0.6) is 5.75 Å². The molecule has 2 aromatic carbocycles. The zero-order valence-corrected chi connectivity index (χ0v) is 18.3. The third-order valence-corrected chi connectivity index (χ3v) is 6.26. The van der Waals surface area contributed by atoms with E-state index in [1.54, 1.807) is 31.2 Å². The van der Waals surface area contributed by atoms with Gasteiger partial charge < -0.3 is 19.7 Å². The van der Waals surface area contributed by atoms with Gasteiger partial charge in [0.2, 0.25) is 15.9 Å². The van der Waals surface area contributed by atoms with Gasteiger partial charge in [0.05, 0.1) is 23.7 Å². The predicted octanol–water partition coefficient (Wildman–Crippen LogP) is 1.75. The van der Waals surface area contributed by atoms with E-state index in [4.69, 9.17) is 9.47 Å². The number of ether oxygens (including phenoxy) is 2. The molecule has 2 atom stereocenters. The van der Waals surface area contributed by atoms with Gasteiger partial charge in [0.15, 0.2) is 6.10 Å². The Balaban J connectivity index is 1.69. The van der Waals surface area contributed by atoms with E-state index in [2.05, 4.69) is 10.0 Å². The summed E-state index contributed by atoms with van der Waals surface area (Å²) in [4.78, 5) is 26.3. The Bertz CT molecular complexity index is 1060. The molecule has 0 unspecified atom stereocenters. The Morgan fingerprint density at radius 2 is 1.87 bits per heavy atom. The minimum absolute atomic E-state index is 0.0686. The summed E-state index contributed by atoms with van der Waals surface area (Å²) in [6.45, 7) is 3.45. The number of carbonyl (C=O) groups is 2. The number of rotatable bonds is 7. The van der Waals surface area contributed by atoms with Crippen LogP contribution in [0.4, 0.5) is 11.4 Å². The molecule has 3 rings (SSSR count). The van der Waals surface area contributed by atoms with E-state index in [1.807, 2.05) is 0 Å². The zero-order valence-electron chi connectivity index (χ0n) is 17.5. The number of carbonyl (C=O) groups excluding carboxylic acids is 2. The van der Waals surface area contributed by atoms with Gasteiger partial charge in [-0.1, -0.05) is 12.1 Å². The Kier molecular flexibility index (Phi) is 6.94. The van der Waals surface area contributed by atoms with Crippen LogP contribution in [0.1, 0.15) is 13.8 Å². The van der Waals surface area contributed by atoms with Crippen molar-refractivity contribution in [3.63, 3.8) is 0 Å². The Labute approximate surface area is 181 Å². The summed E-state index contributed by atoms with van der Waals surface area (Å²) in [7, 11) is -2.22. The lowest BCUT2D eigenvalue weighted by Crippen LogP contribution is -2.48.